The number of ether oxygens (including phenoxy) is 1. The fourth-order valence-corrected chi connectivity index (χ4v) is 4.09. The highest BCUT2D eigenvalue weighted by Gasteiger charge is 2.34. The molecule has 30 heavy (non-hydrogen) atoms. The van der Waals surface area contributed by atoms with Crippen molar-refractivity contribution in [2.24, 2.45) is 0 Å². The van der Waals surface area contributed by atoms with Gasteiger partial charge in [-0.2, -0.15) is 5.26 Å². The van der Waals surface area contributed by atoms with E-state index in [1.54, 1.807) is 12.1 Å². The van der Waals surface area contributed by atoms with Crippen LogP contribution in [-0.2, 0) is 11.3 Å². The lowest BCUT2D eigenvalue weighted by molar-refractivity contribution is -0.274. The van der Waals surface area contributed by atoms with Crippen LogP contribution < -0.4 is 10.1 Å². The predicted octanol–water partition coefficient (Wildman–Crippen LogP) is 3.05. The molecule has 1 heterocycles. The van der Waals surface area contributed by atoms with Gasteiger partial charge in [0, 0.05) is 32.7 Å². The number of alkyl halides is 3. The van der Waals surface area contributed by atoms with Crippen LogP contribution in [0.3, 0.4) is 0 Å². The molecule has 2 aliphatic rings. The molecule has 1 amide bonds. The van der Waals surface area contributed by atoms with E-state index < -0.39 is 11.9 Å². The number of nitrogens with zero attached hydrogens (tertiary/aromatic N) is 3. The maximum atomic E-state index is 12.4. The third kappa shape index (κ3) is 6.61. The number of benzene rings is 1. The van der Waals surface area contributed by atoms with Gasteiger partial charge in [0.2, 0.25) is 5.91 Å². The van der Waals surface area contributed by atoms with Gasteiger partial charge in [-0.05, 0) is 30.5 Å². The summed E-state index contributed by atoms with van der Waals surface area (Å²) in [5.41, 5.74) is 0.197. The van der Waals surface area contributed by atoms with Crippen LogP contribution in [0.4, 0.5) is 13.2 Å². The van der Waals surface area contributed by atoms with Crippen molar-refractivity contribution in [2.75, 3.05) is 32.7 Å². The Morgan fingerprint density at radius 2 is 1.67 bits per heavy atom. The second-order valence-corrected chi connectivity index (χ2v) is 8.05. The molecule has 6 nitrogen and oxygen atoms in total. The number of rotatable bonds is 6. The molecule has 164 valence electrons. The number of nitrogens with one attached hydrogen (secondary N) is 1. The van der Waals surface area contributed by atoms with Crippen LogP contribution in [-0.4, -0.2) is 60.3 Å². The molecule has 1 aliphatic heterocycles. The van der Waals surface area contributed by atoms with E-state index in [9.17, 15) is 23.2 Å². The molecule has 0 radical (unpaired) electrons. The van der Waals surface area contributed by atoms with Crippen molar-refractivity contribution in [1.29, 1.82) is 5.26 Å². The Bertz CT molecular complexity index is 747. The van der Waals surface area contributed by atoms with E-state index in [-0.39, 0.29) is 18.2 Å². The van der Waals surface area contributed by atoms with Gasteiger partial charge in [0.15, 0.2) is 0 Å². The minimum atomic E-state index is -4.69. The third-order valence-corrected chi connectivity index (χ3v) is 5.70. The first-order chi connectivity index (χ1) is 14.3. The van der Waals surface area contributed by atoms with Crippen LogP contribution >= 0.6 is 0 Å². The second-order valence-electron chi connectivity index (χ2n) is 8.05. The molecule has 1 aromatic rings. The zero-order valence-electron chi connectivity index (χ0n) is 16.9. The third-order valence-electron chi connectivity index (χ3n) is 5.70. The summed E-state index contributed by atoms with van der Waals surface area (Å²) in [6.07, 6.45) is -0.204. The Kier molecular flexibility index (Phi) is 7.21. The average Bonchev–Trinajstić information content (AvgIpc) is 2.70. The number of piperazine rings is 1. The molecule has 9 heteroatoms. The van der Waals surface area contributed by atoms with Crippen LogP contribution in [0.25, 0.3) is 0 Å². The number of halogens is 3. The Morgan fingerprint density at radius 3 is 2.23 bits per heavy atom. The summed E-state index contributed by atoms with van der Waals surface area (Å²) in [5, 5.41) is 12.4. The summed E-state index contributed by atoms with van der Waals surface area (Å²) in [6, 6.07) is 8.21. The molecule has 0 unspecified atom stereocenters. The maximum Gasteiger partial charge on any atom is 0.573 e. The van der Waals surface area contributed by atoms with Gasteiger partial charge in [0.1, 0.15) is 11.3 Å². The van der Waals surface area contributed by atoms with E-state index in [2.05, 4.69) is 25.9 Å². The SMILES string of the molecule is N#CC1(NC(=O)CN2CCN(Cc3ccc(OC(F)(F)F)cc3)CC2)CCCCC1. The standard InChI is InChI=1S/C21H27F3N4O2/c22-21(23,24)30-18-6-4-17(5-7-18)14-27-10-12-28(13-11-27)15-19(29)26-20(16-25)8-2-1-3-9-20/h4-7H,1-3,8-15H2,(H,26,29). The van der Waals surface area contributed by atoms with E-state index in [1.807, 2.05) is 0 Å². The molecule has 0 aromatic heterocycles. The van der Waals surface area contributed by atoms with Crippen molar-refractivity contribution in [3.8, 4) is 11.8 Å². The van der Waals surface area contributed by atoms with Crippen molar-refractivity contribution in [3.63, 3.8) is 0 Å². The zero-order valence-corrected chi connectivity index (χ0v) is 16.9. The van der Waals surface area contributed by atoms with Gasteiger partial charge in [-0.1, -0.05) is 31.4 Å². The molecule has 1 N–H and O–H groups in total. The minimum Gasteiger partial charge on any atom is -0.406 e. The molecule has 0 atom stereocenters. The molecular formula is C21H27F3N4O2. The molecule has 1 saturated heterocycles. The summed E-state index contributed by atoms with van der Waals surface area (Å²) in [4.78, 5) is 16.7. The molecular weight excluding hydrogens is 397 g/mol. The number of hydrogen-bond acceptors (Lipinski definition) is 5. The molecule has 2 fully saturated rings. The Hall–Kier alpha value is -2.31. The monoisotopic (exact) mass is 424 g/mol. The highest BCUT2D eigenvalue weighted by Crippen LogP contribution is 2.27. The molecule has 0 spiro atoms. The number of carbonyl (C=O) groups is 1. The van der Waals surface area contributed by atoms with Crippen molar-refractivity contribution in [3.05, 3.63) is 29.8 Å². The lowest BCUT2D eigenvalue weighted by Gasteiger charge is -2.36. The molecule has 3 rings (SSSR count). The van der Waals surface area contributed by atoms with Crippen LogP contribution in [0.1, 0.15) is 37.7 Å². The van der Waals surface area contributed by atoms with Crippen molar-refractivity contribution >= 4 is 5.91 Å². The van der Waals surface area contributed by atoms with Gasteiger partial charge in [0.25, 0.3) is 0 Å². The van der Waals surface area contributed by atoms with Crippen LogP contribution in [0.2, 0.25) is 0 Å². The summed E-state index contributed by atoms with van der Waals surface area (Å²) in [6.45, 7) is 3.88. The minimum absolute atomic E-state index is 0.104. The summed E-state index contributed by atoms with van der Waals surface area (Å²) in [7, 11) is 0. The predicted molar refractivity (Wildman–Crippen MR) is 104 cm³/mol. The Balaban J connectivity index is 1.41. The van der Waals surface area contributed by atoms with Crippen molar-refractivity contribution in [1.82, 2.24) is 15.1 Å². The van der Waals surface area contributed by atoms with E-state index in [0.717, 1.165) is 63.8 Å². The highest BCUT2D eigenvalue weighted by molar-refractivity contribution is 5.79. The second kappa shape index (κ2) is 9.67. The number of nitriles is 1. The van der Waals surface area contributed by atoms with Crippen LogP contribution in [0.5, 0.6) is 5.75 Å². The van der Waals surface area contributed by atoms with E-state index in [4.69, 9.17) is 0 Å². The topological polar surface area (TPSA) is 68.6 Å². The van der Waals surface area contributed by atoms with Gasteiger partial charge < -0.3 is 10.1 Å². The fourth-order valence-electron chi connectivity index (χ4n) is 4.09. The lowest BCUT2D eigenvalue weighted by Crippen LogP contribution is -2.54. The first kappa shape index (κ1) is 22.4. The summed E-state index contributed by atoms with van der Waals surface area (Å²) < 4.78 is 40.6. The van der Waals surface area contributed by atoms with Crippen molar-refractivity contribution < 1.29 is 22.7 Å². The normalized spacial score (nSPS) is 20.3. The number of hydrogen-bond donors (Lipinski definition) is 1. The molecule has 1 aliphatic carbocycles. The van der Waals surface area contributed by atoms with Gasteiger partial charge in [-0.15, -0.1) is 13.2 Å². The Morgan fingerprint density at radius 1 is 1.07 bits per heavy atom. The quantitative estimate of drug-likeness (QED) is 0.760. The van der Waals surface area contributed by atoms with E-state index in [1.165, 1.54) is 12.1 Å². The summed E-state index contributed by atoms with van der Waals surface area (Å²) >= 11 is 0. The van der Waals surface area contributed by atoms with Crippen LogP contribution in [0.15, 0.2) is 24.3 Å². The number of amides is 1. The molecule has 0 bridgehead atoms. The largest absolute Gasteiger partial charge is 0.573 e. The Labute approximate surface area is 174 Å². The fraction of sp³-hybridized carbons (Fsp3) is 0.619. The zero-order chi connectivity index (χ0) is 21.6. The van der Waals surface area contributed by atoms with Crippen molar-refractivity contribution in [2.45, 2.75) is 50.6 Å². The summed E-state index contributed by atoms with van der Waals surface area (Å²) in [5.74, 6) is -0.331. The molecule has 1 aromatic carbocycles. The number of carbonyl (C=O) groups excluding carboxylic acids is 1. The van der Waals surface area contributed by atoms with E-state index >= 15 is 0 Å². The van der Waals surface area contributed by atoms with Gasteiger partial charge in [0.05, 0.1) is 12.6 Å². The molecule has 1 saturated carbocycles. The van der Waals surface area contributed by atoms with Gasteiger partial charge >= 0.3 is 6.36 Å². The van der Waals surface area contributed by atoms with E-state index in [0.29, 0.717) is 6.54 Å². The maximum absolute atomic E-state index is 12.4. The van der Waals surface area contributed by atoms with Gasteiger partial charge in [-0.25, -0.2) is 0 Å². The first-order valence-corrected chi connectivity index (χ1v) is 10.3. The highest BCUT2D eigenvalue weighted by atomic mass is 19.4. The lowest BCUT2D eigenvalue weighted by atomic mass is 9.83. The van der Waals surface area contributed by atoms with Gasteiger partial charge in [-0.3, -0.25) is 14.6 Å². The smallest absolute Gasteiger partial charge is 0.406 e. The average molecular weight is 424 g/mol. The first-order valence-electron chi connectivity index (χ1n) is 10.3. The van der Waals surface area contributed by atoms with Crippen LogP contribution in [0, 0.1) is 11.3 Å².